The summed E-state index contributed by atoms with van der Waals surface area (Å²) in [5.41, 5.74) is 3.45. The van der Waals surface area contributed by atoms with E-state index in [1.807, 2.05) is 22.8 Å². The normalized spacial score (nSPS) is 16.6. The van der Waals surface area contributed by atoms with Crippen molar-refractivity contribution in [2.75, 3.05) is 51.7 Å². The second kappa shape index (κ2) is 14.3. The highest BCUT2D eigenvalue weighted by molar-refractivity contribution is 7.89. The predicted octanol–water partition coefficient (Wildman–Crippen LogP) is 5.20. The summed E-state index contributed by atoms with van der Waals surface area (Å²) in [7, 11) is -4.59. The Morgan fingerprint density at radius 3 is 2.19 bits per heavy atom. The van der Waals surface area contributed by atoms with Crippen LogP contribution in [0.25, 0.3) is 16.8 Å². The fourth-order valence-electron chi connectivity index (χ4n) is 4.91. The van der Waals surface area contributed by atoms with Gasteiger partial charge in [0.05, 0.1) is 16.8 Å². The third kappa shape index (κ3) is 9.43. The molecular weight excluding hydrogens is 597 g/mol. The molecular formula is C30H50N6O4SSi2. The minimum Gasteiger partial charge on any atom is -0.361 e. The van der Waals surface area contributed by atoms with Gasteiger partial charge in [0.1, 0.15) is 19.3 Å². The molecule has 0 aliphatic carbocycles. The number of nitrogens with one attached hydrogen (secondary N) is 2. The smallest absolute Gasteiger partial charge is 0.240 e. The minimum atomic E-state index is -3.53. The third-order valence-corrected chi connectivity index (χ3v) is 12.6. The Morgan fingerprint density at radius 1 is 1.02 bits per heavy atom. The molecule has 4 rings (SSSR count). The second-order valence-electron chi connectivity index (χ2n) is 13.8. The lowest BCUT2D eigenvalue weighted by molar-refractivity contribution is 0.0942. The molecule has 13 heteroatoms. The first-order valence-electron chi connectivity index (χ1n) is 15.3. The van der Waals surface area contributed by atoms with Crippen LogP contribution in [0.5, 0.6) is 0 Å². The topological polar surface area (TPSA) is 110 Å². The van der Waals surface area contributed by atoms with Crippen molar-refractivity contribution >= 4 is 37.6 Å². The van der Waals surface area contributed by atoms with Crippen molar-refractivity contribution in [1.82, 2.24) is 24.6 Å². The van der Waals surface area contributed by atoms with E-state index in [0.29, 0.717) is 26.7 Å². The molecule has 1 saturated heterocycles. The van der Waals surface area contributed by atoms with Crippen LogP contribution in [-0.2, 0) is 19.5 Å². The molecule has 43 heavy (non-hydrogen) atoms. The number of piperidine rings is 1. The quantitative estimate of drug-likeness (QED) is 0.132. The van der Waals surface area contributed by atoms with Crippen molar-refractivity contribution in [3.05, 3.63) is 42.2 Å². The fraction of sp³-hybridized carbons (Fsp3) is 0.600. The van der Waals surface area contributed by atoms with Gasteiger partial charge in [-0.3, -0.25) is 0 Å². The van der Waals surface area contributed by atoms with Gasteiger partial charge < -0.3 is 19.7 Å². The summed E-state index contributed by atoms with van der Waals surface area (Å²) in [4.78, 5) is 7.50. The summed E-state index contributed by atoms with van der Waals surface area (Å²) in [6.45, 7) is 18.2. The first-order chi connectivity index (χ1) is 20.3. The SMILES string of the molecule is CNS(=O)(=O)c1ccc(-c2cnn3c(N(COCC[Si](C)(C)C)COCC[Si](C)(C)C)cc(C4CCCNC4)nc23)cc1. The molecule has 238 valence electrons. The van der Waals surface area contributed by atoms with Crippen molar-refractivity contribution in [1.29, 1.82) is 0 Å². The van der Waals surface area contributed by atoms with Gasteiger partial charge in [0.15, 0.2) is 5.65 Å². The lowest BCUT2D eigenvalue weighted by Crippen LogP contribution is -2.34. The second-order valence-corrected chi connectivity index (χ2v) is 27.0. The van der Waals surface area contributed by atoms with E-state index in [1.165, 1.54) is 7.05 Å². The van der Waals surface area contributed by atoms with Gasteiger partial charge >= 0.3 is 0 Å². The Hall–Kier alpha value is -2.14. The number of nitrogens with zero attached hydrogens (tertiary/aromatic N) is 4. The lowest BCUT2D eigenvalue weighted by atomic mass is 9.95. The fourth-order valence-corrected chi connectivity index (χ4v) is 7.16. The van der Waals surface area contributed by atoms with E-state index in [2.05, 4.69) is 60.3 Å². The number of anilines is 1. The summed E-state index contributed by atoms with van der Waals surface area (Å²) in [5.74, 6) is 1.16. The molecule has 3 aromatic rings. The van der Waals surface area contributed by atoms with Gasteiger partial charge in [0.25, 0.3) is 0 Å². The Labute approximate surface area is 259 Å². The van der Waals surface area contributed by atoms with Crippen molar-refractivity contribution in [2.45, 2.75) is 75.0 Å². The van der Waals surface area contributed by atoms with Crippen molar-refractivity contribution in [3.8, 4) is 11.1 Å². The molecule has 0 amide bonds. The molecule has 0 radical (unpaired) electrons. The van der Waals surface area contributed by atoms with E-state index in [0.717, 1.165) is 66.3 Å². The number of ether oxygens (including phenoxy) is 2. The average molecular weight is 647 g/mol. The van der Waals surface area contributed by atoms with Gasteiger partial charge in [-0.1, -0.05) is 51.4 Å². The monoisotopic (exact) mass is 646 g/mol. The van der Waals surface area contributed by atoms with Crippen molar-refractivity contribution < 1.29 is 17.9 Å². The standard InChI is InChI=1S/C30H50N6O4SSi2/c1-31-41(37,38)26-12-10-24(11-13-26)27-21-33-36-29(19-28(34-30(27)36)25-9-8-14-32-20-25)35(22-39-15-17-42(2,3)4)23-40-16-18-43(5,6)7/h10-13,19,21,25,31-32H,8-9,14-18,20,22-23H2,1-7H3. The molecule has 2 N–H and O–H groups in total. The van der Waals surface area contributed by atoms with Crippen LogP contribution < -0.4 is 14.9 Å². The van der Waals surface area contributed by atoms with Crippen molar-refractivity contribution in [2.24, 2.45) is 0 Å². The number of benzene rings is 1. The predicted molar refractivity (Wildman–Crippen MR) is 180 cm³/mol. The number of sulfonamides is 1. The molecule has 1 aromatic carbocycles. The largest absolute Gasteiger partial charge is 0.361 e. The Kier molecular flexibility index (Phi) is 11.2. The zero-order valence-electron chi connectivity index (χ0n) is 26.9. The van der Waals surface area contributed by atoms with Crippen LogP contribution >= 0.6 is 0 Å². The van der Waals surface area contributed by atoms with E-state index in [1.54, 1.807) is 12.1 Å². The number of aromatic nitrogens is 3. The Bertz CT molecular complexity index is 1420. The molecule has 1 unspecified atom stereocenters. The summed E-state index contributed by atoms with van der Waals surface area (Å²) >= 11 is 0. The molecule has 3 heterocycles. The summed E-state index contributed by atoms with van der Waals surface area (Å²) < 4.78 is 41.4. The number of hydrogen-bond donors (Lipinski definition) is 2. The molecule has 2 aromatic heterocycles. The van der Waals surface area contributed by atoms with Gasteiger partial charge in [0.2, 0.25) is 10.0 Å². The Morgan fingerprint density at radius 2 is 1.65 bits per heavy atom. The number of hydrogen-bond acceptors (Lipinski definition) is 8. The van der Waals surface area contributed by atoms with E-state index in [9.17, 15) is 8.42 Å². The molecule has 10 nitrogen and oxygen atoms in total. The van der Waals surface area contributed by atoms with Crippen LogP contribution in [0.3, 0.4) is 0 Å². The van der Waals surface area contributed by atoms with Crippen LogP contribution in [0.15, 0.2) is 41.4 Å². The van der Waals surface area contributed by atoms with Crippen LogP contribution in [0.2, 0.25) is 51.4 Å². The van der Waals surface area contributed by atoms with Gasteiger partial charge in [-0.15, -0.1) is 0 Å². The number of fused-ring (bicyclic) bond motifs is 1. The third-order valence-electron chi connectivity index (χ3n) is 7.74. The maximum atomic E-state index is 12.3. The van der Waals surface area contributed by atoms with E-state index in [4.69, 9.17) is 19.6 Å². The minimum absolute atomic E-state index is 0.218. The summed E-state index contributed by atoms with van der Waals surface area (Å²) in [6.07, 6.45) is 3.98. The molecule has 0 bridgehead atoms. The maximum Gasteiger partial charge on any atom is 0.240 e. The molecule has 1 fully saturated rings. The van der Waals surface area contributed by atoms with E-state index < -0.39 is 26.2 Å². The number of rotatable bonds is 15. The highest BCUT2D eigenvalue weighted by Gasteiger charge is 2.24. The molecule has 1 aliphatic heterocycles. The van der Waals surface area contributed by atoms with Crippen molar-refractivity contribution in [3.63, 3.8) is 0 Å². The highest BCUT2D eigenvalue weighted by Crippen LogP contribution is 2.31. The zero-order chi connectivity index (χ0) is 31.3. The van der Waals surface area contributed by atoms with Gasteiger partial charge in [-0.2, -0.15) is 9.61 Å². The molecule has 0 spiro atoms. The van der Waals surface area contributed by atoms with Crippen LogP contribution in [-0.4, -0.2) is 86.0 Å². The Balaban J connectivity index is 1.73. The zero-order valence-corrected chi connectivity index (χ0v) is 29.8. The van der Waals surface area contributed by atoms with Gasteiger partial charge in [-0.05, 0) is 56.2 Å². The maximum absolute atomic E-state index is 12.3. The lowest BCUT2D eigenvalue weighted by Gasteiger charge is -2.28. The molecule has 1 aliphatic rings. The first kappa shape index (κ1) is 33.8. The first-order valence-corrected chi connectivity index (χ1v) is 24.2. The van der Waals surface area contributed by atoms with Gasteiger partial charge in [-0.25, -0.2) is 18.1 Å². The molecule has 1 atom stereocenters. The van der Waals surface area contributed by atoms with Gasteiger partial charge in [0, 0.05) is 53.5 Å². The van der Waals surface area contributed by atoms with E-state index >= 15 is 0 Å². The highest BCUT2D eigenvalue weighted by atomic mass is 32.2. The average Bonchev–Trinajstić information content (AvgIpc) is 3.39. The van der Waals surface area contributed by atoms with Crippen LogP contribution in [0, 0.1) is 0 Å². The summed E-state index contributed by atoms with van der Waals surface area (Å²) in [6, 6.07) is 11.2. The van der Waals surface area contributed by atoms with E-state index in [-0.39, 0.29) is 10.8 Å². The molecule has 0 saturated carbocycles. The summed E-state index contributed by atoms with van der Waals surface area (Å²) in [5, 5.41) is 8.32. The van der Waals surface area contributed by atoms with Crippen LogP contribution in [0.1, 0.15) is 24.5 Å². The van der Waals surface area contributed by atoms with Crippen LogP contribution in [0.4, 0.5) is 5.82 Å².